The van der Waals surface area contributed by atoms with Gasteiger partial charge < -0.3 is 37.0 Å². The van der Waals surface area contributed by atoms with Crippen LogP contribution in [0.1, 0.15) is 116 Å². The smallest absolute Gasteiger partial charge is 0.466 e. The number of guanidine groups is 1. The second kappa shape index (κ2) is 21.4. The maximum absolute atomic E-state index is 11.5. The minimum Gasteiger partial charge on any atom is -0.480 e. The van der Waals surface area contributed by atoms with Crippen LogP contribution in [-0.4, -0.2) is 43.8 Å². The number of unbranched alkanes of at least 4 members (excludes halogenated alkanes) is 13. The van der Waals surface area contributed by atoms with E-state index in [0.717, 1.165) is 12.8 Å². The van der Waals surface area contributed by atoms with Gasteiger partial charge in [0.05, 0.1) is 0 Å². The van der Waals surface area contributed by atoms with Crippen molar-refractivity contribution in [3.8, 4) is 0 Å². The molecule has 0 rings (SSSR count). The van der Waals surface area contributed by atoms with Crippen LogP contribution in [-0.2, 0) is 9.36 Å². The monoisotopic (exact) mass is 496 g/mol. The highest BCUT2D eigenvalue weighted by Crippen LogP contribution is 2.25. The number of nitrogens with zero attached hydrogens (tertiary/aromatic N) is 1. The molecule has 0 aromatic heterocycles. The molecule has 0 aliphatic carbocycles. The Balaban J connectivity index is 0. The van der Waals surface area contributed by atoms with Gasteiger partial charge in [-0.3, -0.25) is 9.79 Å². The number of carboxylic acid groups (broad SMARTS) is 1. The second-order valence-corrected chi connectivity index (χ2v) is 9.76. The fraction of sp³-hybridized carbons (Fsp3) is 0.909. The Morgan fingerprint density at radius 1 is 0.758 bits per heavy atom. The number of carbonyl (C=O) groups is 1. The molecule has 10 nitrogen and oxygen atoms in total. The van der Waals surface area contributed by atoms with Crippen LogP contribution < -0.4 is 17.2 Å². The number of hydrogen-bond acceptors (Lipinski definition) is 4. The molecule has 0 saturated heterocycles. The molecule has 0 aliphatic heterocycles. The zero-order chi connectivity index (χ0) is 25.6. The van der Waals surface area contributed by atoms with Crippen LogP contribution in [0.3, 0.4) is 0 Å². The molecule has 0 aromatic carbocycles. The zero-order valence-electron chi connectivity index (χ0n) is 20.5. The molecule has 0 radical (unpaired) electrons. The Hall–Kier alpha value is -1.19. The highest BCUT2D eigenvalue weighted by Gasteiger charge is 2.32. The fourth-order valence-electron chi connectivity index (χ4n) is 3.58. The van der Waals surface area contributed by atoms with E-state index < -0.39 is 19.3 Å². The van der Waals surface area contributed by atoms with Crippen LogP contribution in [0.2, 0.25) is 0 Å². The number of phosphoric acid groups is 1. The van der Waals surface area contributed by atoms with Gasteiger partial charge in [-0.15, -0.1) is 0 Å². The summed E-state index contributed by atoms with van der Waals surface area (Å²) in [4.78, 5) is 37.0. The lowest BCUT2D eigenvalue weighted by Crippen LogP contribution is -2.48. The van der Waals surface area contributed by atoms with Gasteiger partial charge in [0, 0.05) is 6.54 Å². The van der Waals surface area contributed by atoms with Crippen molar-refractivity contribution >= 4 is 19.8 Å². The third-order valence-electron chi connectivity index (χ3n) is 5.48. The molecular formula is C22H49N4O6P. The molecule has 1 atom stereocenters. The first kappa shape index (κ1) is 34.0. The molecule has 0 heterocycles. The SMILES string of the molecule is CCCCCCCCCCCCCCCCC(N)(CCCN=C(N)N)C(=O)O.O=P(O)(O)O. The standard InChI is InChI=1S/C22H46N4O2.H3O4P/c1-2-3-4-5-6-7-8-9-10-11-12-13-14-15-17-22(25,20(27)28)18-16-19-26-21(23)24;1-5(2,3)4/h2-19,25H2,1H3,(H,27,28)(H4,23,24,26);(H3,1,2,3,4). The number of aliphatic carboxylic acids is 1. The Kier molecular flexibility index (Phi) is 22.0. The van der Waals surface area contributed by atoms with Gasteiger partial charge in [0.15, 0.2) is 5.96 Å². The average molecular weight is 497 g/mol. The van der Waals surface area contributed by atoms with Gasteiger partial charge in [0.25, 0.3) is 0 Å². The van der Waals surface area contributed by atoms with E-state index in [0.29, 0.717) is 25.8 Å². The molecule has 0 amide bonds. The van der Waals surface area contributed by atoms with Crippen LogP contribution >= 0.6 is 7.82 Å². The molecule has 11 heteroatoms. The van der Waals surface area contributed by atoms with Crippen LogP contribution in [0.25, 0.3) is 0 Å². The van der Waals surface area contributed by atoms with Gasteiger partial charge in [-0.2, -0.15) is 0 Å². The number of carboxylic acids is 1. The summed E-state index contributed by atoms with van der Waals surface area (Å²) in [7, 11) is -4.64. The van der Waals surface area contributed by atoms with Crippen LogP contribution in [0.15, 0.2) is 4.99 Å². The van der Waals surface area contributed by atoms with Gasteiger partial charge >= 0.3 is 13.8 Å². The van der Waals surface area contributed by atoms with Gasteiger partial charge in [-0.1, -0.05) is 96.8 Å². The summed E-state index contributed by atoms with van der Waals surface area (Å²) in [5.74, 6) is -0.892. The first-order valence-corrected chi connectivity index (χ1v) is 13.8. The minimum atomic E-state index is -4.64. The summed E-state index contributed by atoms with van der Waals surface area (Å²) < 4.78 is 8.88. The molecule has 0 aliphatic rings. The normalized spacial score (nSPS) is 13.0. The number of nitrogens with two attached hydrogens (primary N) is 3. The van der Waals surface area contributed by atoms with Crippen LogP contribution in [0.5, 0.6) is 0 Å². The highest BCUT2D eigenvalue weighted by atomic mass is 31.2. The van der Waals surface area contributed by atoms with E-state index in [2.05, 4.69) is 11.9 Å². The minimum absolute atomic E-state index is 0.0323. The highest BCUT2D eigenvalue weighted by molar-refractivity contribution is 7.45. The van der Waals surface area contributed by atoms with Crippen molar-refractivity contribution < 1.29 is 29.1 Å². The zero-order valence-corrected chi connectivity index (χ0v) is 21.4. The summed E-state index contributed by atoms with van der Waals surface area (Å²) in [6.07, 6.45) is 19.5. The predicted molar refractivity (Wildman–Crippen MR) is 134 cm³/mol. The van der Waals surface area contributed by atoms with E-state index in [1.54, 1.807) is 0 Å². The maximum Gasteiger partial charge on any atom is 0.466 e. The third kappa shape index (κ3) is 28.8. The number of rotatable bonds is 20. The Labute approximate surface area is 199 Å². The maximum atomic E-state index is 11.5. The quantitative estimate of drug-likeness (QED) is 0.0566. The average Bonchev–Trinajstić information content (AvgIpc) is 2.70. The van der Waals surface area contributed by atoms with Crippen molar-refractivity contribution in [2.45, 2.75) is 122 Å². The molecule has 0 aromatic rings. The van der Waals surface area contributed by atoms with Crippen molar-refractivity contribution in [2.75, 3.05) is 6.54 Å². The van der Waals surface area contributed by atoms with Gasteiger partial charge in [0.2, 0.25) is 0 Å². The third-order valence-corrected chi connectivity index (χ3v) is 5.48. The van der Waals surface area contributed by atoms with Gasteiger partial charge in [0.1, 0.15) is 5.54 Å². The summed E-state index contributed by atoms with van der Waals surface area (Å²) >= 11 is 0. The summed E-state index contributed by atoms with van der Waals surface area (Å²) in [6.45, 7) is 2.68. The molecule has 0 saturated carbocycles. The number of hydrogen-bond donors (Lipinski definition) is 7. The molecule has 0 bridgehead atoms. The first-order valence-electron chi connectivity index (χ1n) is 12.3. The summed E-state index contributed by atoms with van der Waals surface area (Å²) in [5.41, 5.74) is 15.5. The van der Waals surface area contributed by atoms with Crippen molar-refractivity contribution in [1.29, 1.82) is 0 Å². The Morgan fingerprint density at radius 2 is 1.09 bits per heavy atom. The molecular weight excluding hydrogens is 447 g/mol. The van der Waals surface area contributed by atoms with Crippen LogP contribution in [0, 0.1) is 0 Å². The Bertz CT molecular complexity index is 547. The lowest BCUT2D eigenvalue weighted by molar-refractivity contribution is -0.144. The molecule has 33 heavy (non-hydrogen) atoms. The topological polar surface area (TPSA) is 205 Å². The van der Waals surface area contributed by atoms with Crippen molar-refractivity contribution in [3.63, 3.8) is 0 Å². The van der Waals surface area contributed by atoms with Crippen molar-refractivity contribution in [2.24, 2.45) is 22.2 Å². The largest absolute Gasteiger partial charge is 0.480 e. The van der Waals surface area contributed by atoms with Gasteiger partial charge in [-0.05, 0) is 19.3 Å². The Morgan fingerprint density at radius 3 is 1.42 bits per heavy atom. The van der Waals surface area contributed by atoms with E-state index in [4.69, 9.17) is 36.4 Å². The lowest BCUT2D eigenvalue weighted by atomic mass is 9.88. The van der Waals surface area contributed by atoms with Crippen molar-refractivity contribution in [3.05, 3.63) is 0 Å². The number of aliphatic imine (C=N–C) groups is 1. The van der Waals surface area contributed by atoms with E-state index in [9.17, 15) is 9.90 Å². The van der Waals surface area contributed by atoms with Crippen LogP contribution in [0.4, 0.5) is 0 Å². The van der Waals surface area contributed by atoms with E-state index in [-0.39, 0.29) is 5.96 Å². The molecule has 1 unspecified atom stereocenters. The summed E-state index contributed by atoms with van der Waals surface area (Å²) in [5, 5.41) is 9.43. The van der Waals surface area contributed by atoms with Gasteiger partial charge in [-0.25, -0.2) is 4.57 Å². The second-order valence-electron chi connectivity index (χ2n) is 8.73. The van der Waals surface area contributed by atoms with E-state index in [1.165, 1.54) is 77.0 Å². The first-order chi connectivity index (χ1) is 15.4. The van der Waals surface area contributed by atoms with E-state index in [1.807, 2.05) is 0 Å². The fourth-order valence-corrected chi connectivity index (χ4v) is 3.58. The summed E-state index contributed by atoms with van der Waals surface area (Å²) in [6, 6.07) is 0. The molecule has 0 fully saturated rings. The molecule has 198 valence electrons. The van der Waals surface area contributed by atoms with Crippen molar-refractivity contribution in [1.82, 2.24) is 0 Å². The molecule has 0 spiro atoms. The lowest BCUT2D eigenvalue weighted by Gasteiger charge is -2.24. The van der Waals surface area contributed by atoms with E-state index >= 15 is 0 Å². The molecule has 10 N–H and O–H groups in total. The predicted octanol–water partition coefficient (Wildman–Crippen LogP) is 3.76.